The fraction of sp³-hybridized carbons (Fsp3) is 0.231. The van der Waals surface area contributed by atoms with Crippen molar-refractivity contribution in [3.05, 3.63) is 36.0 Å². The van der Waals surface area contributed by atoms with Gasteiger partial charge < -0.3 is 14.7 Å². The molecule has 2 N–H and O–H groups in total. The lowest BCUT2D eigenvalue weighted by atomic mass is 10.1. The summed E-state index contributed by atoms with van der Waals surface area (Å²) >= 11 is 0. The average Bonchev–Trinajstić information content (AvgIpc) is 2.97. The van der Waals surface area contributed by atoms with E-state index >= 15 is 0 Å². The Morgan fingerprint density at radius 2 is 2.22 bits per heavy atom. The molecule has 0 unspecified atom stereocenters. The predicted molar refractivity (Wildman–Crippen MR) is 68.8 cm³/mol. The minimum atomic E-state index is 0.456. The second kappa shape index (κ2) is 3.96. The average molecular weight is 242 g/mol. The number of rotatable bonds is 2. The first kappa shape index (κ1) is 11.0. The van der Waals surface area contributed by atoms with Gasteiger partial charge in [0.2, 0.25) is 0 Å². The molecule has 0 atom stereocenters. The minimum Gasteiger partial charge on any atom is -0.463 e. The molecule has 0 bridgehead atoms. The number of aromatic nitrogens is 3. The summed E-state index contributed by atoms with van der Waals surface area (Å²) in [5.41, 5.74) is 8.51. The van der Waals surface area contributed by atoms with Crippen molar-refractivity contribution in [1.29, 1.82) is 0 Å². The van der Waals surface area contributed by atoms with Crippen LogP contribution in [0.5, 0.6) is 0 Å². The number of nitrogens with two attached hydrogens (primary N) is 1. The zero-order valence-electron chi connectivity index (χ0n) is 10.3. The molecule has 3 rings (SSSR count). The van der Waals surface area contributed by atoms with E-state index in [1.807, 2.05) is 36.9 Å². The molecule has 0 saturated heterocycles. The molecule has 5 nitrogen and oxygen atoms in total. The molecule has 3 heterocycles. The van der Waals surface area contributed by atoms with Crippen LogP contribution in [0.4, 0.5) is 0 Å². The van der Waals surface area contributed by atoms with E-state index in [0.29, 0.717) is 6.54 Å². The lowest BCUT2D eigenvalue weighted by Gasteiger charge is -2.03. The highest BCUT2D eigenvalue weighted by molar-refractivity contribution is 5.92. The van der Waals surface area contributed by atoms with Gasteiger partial charge in [-0.2, -0.15) is 0 Å². The quantitative estimate of drug-likeness (QED) is 0.746. The van der Waals surface area contributed by atoms with E-state index in [1.54, 1.807) is 6.26 Å². The number of fused-ring (bicyclic) bond motifs is 1. The molecule has 0 aliphatic heterocycles. The molecule has 0 spiro atoms. The number of furan rings is 1. The van der Waals surface area contributed by atoms with Crippen LogP contribution < -0.4 is 5.73 Å². The van der Waals surface area contributed by atoms with Gasteiger partial charge in [-0.1, -0.05) is 0 Å². The Hall–Kier alpha value is -2.14. The van der Waals surface area contributed by atoms with Crippen molar-refractivity contribution in [2.45, 2.75) is 13.5 Å². The Morgan fingerprint density at radius 1 is 1.39 bits per heavy atom. The number of hydrogen-bond acceptors (Lipinski definition) is 4. The van der Waals surface area contributed by atoms with Gasteiger partial charge in [-0.3, -0.25) is 0 Å². The van der Waals surface area contributed by atoms with Crippen LogP contribution >= 0.6 is 0 Å². The van der Waals surface area contributed by atoms with Crippen LogP contribution in [-0.2, 0) is 13.6 Å². The Bertz CT molecular complexity index is 697. The molecule has 5 heteroatoms. The van der Waals surface area contributed by atoms with Crippen molar-refractivity contribution in [3.8, 4) is 11.5 Å². The van der Waals surface area contributed by atoms with Gasteiger partial charge in [0.15, 0.2) is 5.76 Å². The third-order valence-electron chi connectivity index (χ3n) is 2.98. The lowest BCUT2D eigenvalue weighted by molar-refractivity contribution is 0.580. The van der Waals surface area contributed by atoms with Crippen LogP contribution in [0.15, 0.2) is 29.0 Å². The maximum absolute atomic E-state index is 5.79. The van der Waals surface area contributed by atoms with Gasteiger partial charge in [0.25, 0.3) is 0 Å². The summed E-state index contributed by atoms with van der Waals surface area (Å²) in [5.74, 6) is 1.46. The summed E-state index contributed by atoms with van der Waals surface area (Å²) in [6.07, 6.45) is 3.63. The van der Waals surface area contributed by atoms with Gasteiger partial charge >= 0.3 is 0 Å². The third kappa shape index (κ3) is 1.52. The summed E-state index contributed by atoms with van der Waals surface area (Å²) < 4.78 is 7.42. The molecule has 0 radical (unpaired) electrons. The van der Waals surface area contributed by atoms with Crippen molar-refractivity contribution in [2.75, 3.05) is 0 Å². The predicted octanol–water partition coefficient (Wildman–Crippen LogP) is 2.00. The second-order valence-electron chi connectivity index (χ2n) is 4.26. The van der Waals surface area contributed by atoms with E-state index in [2.05, 4.69) is 9.97 Å². The molecule has 0 saturated carbocycles. The lowest BCUT2D eigenvalue weighted by Crippen LogP contribution is -1.98. The van der Waals surface area contributed by atoms with E-state index in [9.17, 15) is 0 Å². The summed E-state index contributed by atoms with van der Waals surface area (Å²) in [7, 11) is 1.96. The highest BCUT2D eigenvalue weighted by Gasteiger charge is 2.16. The van der Waals surface area contributed by atoms with Gasteiger partial charge in [0.1, 0.15) is 17.2 Å². The van der Waals surface area contributed by atoms with Gasteiger partial charge in [-0.05, 0) is 24.6 Å². The monoisotopic (exact) mass is 242 g/mol. The highest BCUT2D eigenvalue weighted by Crippen LogP contribution is 2.29. The first-order valence-corrected chi connectivity index (χ1v) is 5.77. The maximum atomic E-state index is 5.79. The normalized spacial score (nSPS) is 11.3. The molecule has 0 aromatic carbocycles. The molecular weight excluding hydrogens is 228 g/mol. The Morgan fingerprint density at radius 3 is 2.89 bits per heavy atom. The zero-order chi connectivity index (χ0) is 12.7. The maximum Gasteiger partial charge on any atom is 0.153 e. The fourth-order valence-corrected chi connectivity index (χ4v) is 2.21. The summed E-state index contributed by atoms with van der Waals surface area (Å²) in [6.45, 7) is 2.33. The fourth-order valence-electron chi connectivity index (χ4n) is 2.21. The smallest absolute Gasteiger partial charge is 0.153 e. The molecule has 92 valence electrons. The van der Waals surface area contributed by atoms with Crippen molar-refractivity contribution < 1.29 is 4.42 Å². The van der Waals surface area contributed by atoms with Gasteiger partial charge in [-0.25, -0.2) is 9.97 Å². The van der Waals surface area contributed by atoms with E-state index in [0.717, 1.165) is 33.9 Å². The SMILES string of the molecule is Cc1nc(-c2ccco2)c2c(CN)cn(C)c2n1. The van der Waals surface area contributed by atoms with Gasteiger partial charge in [-0.15, -0.1) is 0 Å². The van der Waals surface area contributed by atoms with Crippen LogP contribution in [0.3, 0.4) is 0 Å². The molecule has 0 aliphatic rings. The van der Waals surface area contributed by atoms with E-state index < -0.39 is 0 Å². The first-order valence-electron chi connectivity index (χ1n) is 5.77. The molecular formula is C13H14N4O. The zero-order valence-corrected chi connectivity index (χ0v) is 10.3. The van der Waals surface area contributed by atoms with Crippen molar-refractivity contribution in [1.82, 2.24) is 14.5 Å². The Balaban J connectivity index is 2.43. The van der Waals surface area contributed by atoms with Gasteiger partial charge in [0, 0.05) is 19.8 Å². The van der Waals surface area contributed by atoms with E-state index in [4.69, 9.17) is 10.2 Å². The number of aryl methyl sites for hydroxylation is 2. The summed E-state index contributed by atoms with van der Waals surface area (Å²) in [4.78, 5) is 8.96. The highest BCUT2D eigenvalue weighted by atomic mass is 16.3. The van der Waals surface area contributed by atoms with Crippen LogP contribution in [0, 0.1) is 6.92 Å². The van der Waals surface area contributed by atoms with E-state index in [-0.39, 0.29) is 0 Å². The van der Waals surface area contributed by atoms with Crippen LogP contribution in [-0.4, -0.2) is 14.5 Å². The molecule has 3 aromatic rings. The Labute approximate surface area is 104 Å². The topological polar surface area (TPSA) is 69.9 Å². The Kier molecular flexibility index (Phi) is 2.41. The number of nitrogens with zero attached hydrogens (tertiary/aromatic N) is 3. The second-order valence-corrected chi connectivity index (χ2v) is 4.26. The molecule has 0 aliphatic carbocycles. The van der Waals surface area contributed by atoms with Crippen LogP contribution in [0.25, 0.3) is 22.5 Å². The van der Waals surface area contributed by atoms with Gasteiger partial charge in [0.05, 0.1) is 11.6 Å². The standard InChI is InChI=1S/C13H14N4O/c1-8-15-12(10-4-3-5-18-10)11-9(6-14)7-17(2)13(11)16-8/h3-5,7H,6,14H2,1-2H3. The van der Waals surface area contributed by atoms with Crippen molar-refractivity contribution >= 4 is 11.0 Å². The van der Waals surface area contributed by atoms with Crippen molar-refractivity contribution in [3.63, 3.8) is 0 Å². The minimum absolute atomic E-state index is 0.456. The first-order chi connectivity index (χ1) is 8.70. The summed E-state index contributed by atoms with van der Waals surface area (Å²) in [5, 5.41) is 0.973. The van der Waals surface area contributed by atoms with E-state index in [1.165, 1.54) is 0 Å². The largest absolute Gasteiger partial charge is 0.463 e. The number of hydrogen-bond donors (Lipinski definition) is 1. The van der Waals surface area contributed by atoms with Crippen molar-refractivity contribution in [2.24, 2.45) is 12.8 Å². The molecule has 0 amide bonds. The van der Waals surface area contributed by atoms with Crippen LogP contribution in [0.1, 0.15) is 11.4 Å². The molecule has 3 aromatic heterocycles. The third-order valence-corrected chi connectivity index (χ3v) is 2.98. The summed E-state index contributed by atoms with van der Waals surface area (Å²) in [6, 6.07) is 3.75. The molecule has 0 fully saturated rings. The van der Waals surface area contributed by atoms with Crippen LogP contribution in [0.2, 0.25) is 0 Å². The molecule has 18 heavy (non-hydrogen) atoms.